The van der Waals surface area contributed by atoms with E-state index in [9.17, 15) is 39.6 Å². The molecular formula is C34H34N4O8. The van der Waals surface area contributed by atoms with E-state index < -0.39 is 82.2 Å². The molecule has 0 radical (unpaired) electrons. The second kappa shape index (κ2) is 11.6. The van der Waals surface area contributed by atoms with E-state index in [4.69, 9.17) is 5.73 Å². The first kappa shape index (κ1) is 30.8. The number of ketones is 2. The van der Waals surface area contributed by atoms with Crippen molar-refractivity contribution in [3.63, 3.8) is 0 Å². The van der Waals surface area contributed by atoms with Gasteiger partial charge in [-0.05, 0) is 42.0 Å². The highest BCUT2D eigenvalue weighted by Crippen LogP contribution is 2.54. The van der Waals surface area contributed by atoms with Gasteiger partial charge in [-0.25, -0.2) is 4.79 Å². The molecule has 0 heterocycles. The fraction of sp³-hybridized carbons (Fsp3) is 0.294. The number of benzene rings is 3. The molecule has 12 nitrogen and oxygen atoms in total. The largest absolute Gasteiger partial charge is 0.510 e. The lowest BCUT2D eigenvalue weighted by Crippen LogP contribution is -2.61. The smallest absolute Gasteiger partial charge is 0.323 e. The number of hydrogen-bond donors (Lipinski definition) is 8. The van der Waals surface area contributed by atoms with Crippen LogP contribution in [0, 0.1) is 17.8 Å². The van der Waals surface area contributed by atoms with Crippen LogP contribution in [0.4, 0.5) is 16.2 Å². The summed E-state index contributed by atoms with van der Waals surface area (Å²) >= 11 is 0. The molecule has 9 N–H and O–H groups in total. The van der Waals surface area contributed by atoms with Crippen molar-refractivity contribution in [1.29, 1.82) is 0 Å². The van der Waals surface area contributed by atoms with E-state index in [2.05, 4.69) is 16.0 Å². The number of anilines is 2. The van der Waals surface area contributed by atoms with Gasteiger partial charge in [-0.3, -0.25) is 14.4 Å². The fourth-order valence-electron chi connectivity index (χ4n) is 7.29. The Morgan fingerprint density at radius 1 is 0.913 bits per heavy atom. The molecule has 0 aromatic heterocycles. The number of urea groups is 1. The van der Waals surface area contributed by atoms with Gasteiger partial charge in [0.15, 0.2) is 11.6 Å². The van der Waals surface area contributed by atoms with Crippen LogP contribution in [0.15, 0.2) is 71.5 Å². The van der Waals surface area contributed by atoms with Crippen molar-refractivity contribution < 1.29 is 39.6 Å². The molecule has 12 heteroatoms. The standard InChI is InChI=1S/C34H34N4O8/c1-3-13-36-26-22-24(31(43)25(32(26)44)33(35)45)30(42)23-20(28(22)40)14(2)16-11-12-19(27(39)21(16)29(23)41)38-34(46)37-18-10-6-8-15-7-4-5-9-17(15)18/h4-12,14,20,22,24,26,28,36,39-41,44H,3,13H2,1-2H3,(H2,35,45)(H2,37,38,46)/t14-,20?,22?,24?,26-,28-/m0/s1. The molecule has 1 fully saturated rings. The Morgan fingerprint density at radius 2 is 1.61 bits per heavy atom. The molecule has 3 unspecified atom stereocenters. The molecule has 3 aromatic rings. The lowest BCUT2D eigenvalue weighted by Gasteiger charge is -2.49. The van der Waals surface area contributed by atoms with E-state index >= 15 is 0 Å². The quantitative estimate of drug-likeness (QED) is 0.114. The third-order valence-electron chi connectivity index (χ3n) is 9.37. The number of rotatable bonds is 6. The molecule has 6 rings (SSSR count). The molecule has 1 saturated carbocycles. The van der Waals surface area contributed by atoms with Crippen LogP contribution < -0.4 is 21.7 Å². The lowest BCUT2D eigenvalue weighted by atomic mass is 9.56. The van der Waals surface area contributed by atoms with E-state index in [-0.39, 0.29) is 16.8 Å². The van der Waals surface area contributed by atoms with Crippen molar-refractivity contribution in [2.75, 3.05) is 17.2 Å². The zero-order valence-electron chi connectivity index (χ0n) is 25.1. The molecule has 3 aromatic carbocycles. The van der Waals surface area contributed by atoms with Gasteiger partial charge in [-0.15, -0.1) is 0 Å². The van der Waals surface area contributed by atoms with Gasteiger partial charge in [0, 0.05) is 22.8 Å². The van der Waals surface area contributed by atoms with Gasteiger partial charge >= 0.3 is 6.03 Å². The SMILES string of the molecule is CCCN[C@@H]1C(O)=C(C(N)=O)C(=O)C2C(=O)C3=C(O)c4c(ccc(NC(=O)Nc5cccc6ccccc56)c4O)[C@H](C)C3[C@H](O)C21. The van der Waals surface area contributed by atoms with Crippen molar-refractivity contribution in [3.05, 3.63) is 82.6 Å². The van der Waals surface area contributed by atoms with Crippen LogP contribution in [0.2, 0.25) is 0 Å². The zero-order valence-corrected chi connectivity index (χ0v) is 25.1. The topological polar surface area (TPSA) is 211 Å². The number of aliphatic hydroxyl groups excluding tert-OH is 3. The number of carbonyl (C=O) groups excluding carboxylic acids is 4. The number of fused-ring (bicyclic) bond motifs is 4. The van der Waals surface area contributed by atoms with Crippen molar-refractivity contribution in [2.24, 2.45) is 23.5 Å². The van der Waals surface area contributed by atoms with Crippen LogP contribution in [0.5, 0.6) is 5.75 Å². The number of phenolic OH excluding ortho intramolecular Hbond substituents is 1. The number of carbonyl (C=O) groups is 4. The molecular weight excluding hydrogens is 592 g/mol. The summed E-state index contributed by atoms with van der Waals surface area (Å²) < 4.78 is 0. The number of nitrogens with two attached hydrogens (primary N) is 1. The maximum Gasteiger partial charge on any atom is 0.323 e. The van der Waals surface area contributed by atoms with Gasteiger partial charge in [0.1, 0.15) is 22.8 Å². The molecule has 238 valence electrons. The van der Waals surface area contributed by atoms with Gasteiger partial charge in [-0.2, -0.15) is 0 Å². The van der Waals surface area contributed by atoms with Crippen molar-refractivity contribution in [3.8, 4) is 5.75 Å². The van der Waals surface area contributed by atoms with Crippen LogP contribution in [-0.4, -0.2) is 62.6 Å². The third kappa shape index (κ3) is 4.68. The Balaban J connectivity index is 1.38. The molecule has 6 atom stereocenters. The van der Waals surface area contributed by atoms with Gasteiger partial charge < -0.3 is 42.1 Å². The molecule has 0 aliphatic heterocycles. The fourth-order valence-corrected chi connectivity index (χ4v) is 7.29. The van der Waals surface area contributed by atoms with Crippen LogP contribution in [0.1, 0.15) is 37.3 Å². The maximum absolute atomic E-state index is 14.1. The number of aliphatic hydroxyl groups is 3. The molecule has 0 spiro atoms. The summed E-state index contributed by atoms with van der Waals surface area (Å²) in [5, 5.41) is 55.7. The van der Waals surface area contributed by atoms with E-state index in [0.29, 0.717) is 24.2 Å². The average molecular weight is 627 g/mol. The molecule has 3 aliphatic rings. The number of aromatic hydroxyl groups is 1. The summed E-state index contributed by atoms with van der Waals surface area (Å²) in [6, 6.07) is 14.1. The summed E-state index contributed by atoms with van der Waals surface area (Å²) in [6.45, 7) is 3.91. The summed E-state index contributed by atoms with van der Waals surface area (Å²) in [5.41, 5.74) is 5.15. The van der Waals surface area contributed by atoms with E-state index in [1.165, 1.54) is 6.07 Å². The first-order chi connectivity index (χ1) is 22.0. The molecule has 3 amide bonds. The summed E-state index contributed by atoms with van der Waals surface area (Å²) in [7, 11) is 0. The van der Waals surface area contributed by atoms with Gasteiger partial charge in [0.25, 0.3) is 5.91 Å². The first-order valence-electron chi connectivity index (χ1n) is 15.1. The normalized spacial score (nSPS) is 25.5. The van der Waals surface area contributed by atoms with Gasteiger partial charge in [0.05, 0.1) is 35.0 Å². The Labute approximate surface area is 263 Å². The van der Waals surface area contributed by atoms with E-state index in [1.807, 2.05) is 37.3 Å². The molecule has 0 bridgehead atoms. The van der Waals surface area contributed by atoms with Crippen LogP contribution in [0.25, 0.3) is 16.5 Å². The van der Waals surface area contributed by atoms with Gasteiger partial charge in [0.2, 0.25) is 0 Å². The van der Waals surface area contributed by atoms with Crippen molar-refractivity contribution in [1.82, 2.24) is 5.32 Å². The number of hydrogen-bond acceptors (Lipinski definition) is 9. The zero-order chi connectivity index (χ0) is 33.0. The predicted octanol–water partition coefficient (Wildman–Crippen LogP) is 3.62. The Hall–Kier alpha value is -5.20. The van der Waals surface area contributed by atoms with Crippen molar-refractivity contribution in [2.45, 2.75) is 38.3 Å². The molecule has 3 aliphatic carbocycles. The Bertz CT molecular complexity index is 1880. The number of Topliss-reactive ketones (excluding diaryl/α,β-unsaturated/α-hetero) is 2. The minimum Gasteiger partial charge on any atom is -0.510 e. The van der Waals surface area contributed by atoms with Crippen LogP contribution in [0.3, 0.4) is 0 Å². The predicted molar refractivity (Wildman–Crippen MR) is 170 cm³/mol. The first-order valence-corrected chi connectivity index (χ1v) is 15.1. The Morgan fingerprint density at radius 3 is 2.33 bits per heavy atom. The maximum atomic E-state index is 14.1. The number of nitrogens with one attached hydrogen (secondary N) is 3. The van der Waals surface area contributed by atoms with Crippen LogP contribution in [-0.2, 0) is 14.4 Å². The Kier molecular flexibility index (Phi) is 7.78. The minimum atomic E-state index is -1.63. The lowest BCUT2D eigenvalue weighted by molar-refractivity contribution is -0.142. The highest BCUT2D eigenvalue weighted by atomic mass is 16.3. The highest BCUT2D eigenvalue weighted by Gasteiger charge is 2.60. The second-order valence-corrected chi connectivity index (χ2v) is 11.9. The van der Waals surface area contributed by atoms with Gasteiger partial charge in [-0.1, -0.05) is 56.3 Å². The third-order valence-corrected chi connectivity index (χ3v) is 9.37. The van der Waals surface area contributed by atoms with E-state index in [1.54, 1.807) is 25.1 Å². The summed E-state index contributed by atoms with van der Waals surface area (Å²) in [6.07, 6.45) is -0.816. The monoisotopic (exact) mass is 626 g/mol. The van der Waals surface area contributed by atoms with Crippen molar-refractivity contribution >= 4 is 51.4 Å². The summed E-state index contributed by atoms with van der Waals surface area (Å²) in [4.78, 5) is 52.8. The van der Waals surface area contributed by atoms with E-state index in [0.717, 1.165) is 10.8 Å². The molecule has 46 heavy (non-hydrogen) atoms. The second-order valence-electron chi connectivity index (χ2n) is 11.9. The number of amides is 3. The average Bonchev–Trinajstić information content (AvgIpc) is 3.02. The number of phenols is 1. The highest BCUT2D eigenvalue weighted by molar-refractivity contribution is 6.28. The molecule has 0 saturated heterocycles. The van der Waals surface area contributed by atoms with Crippen LogP contribution >= 0.6 is 0 Å². The minimum absolute atomic E-state index is 0.0580. The number of primary amides is 1. The summed E-state index contributed by atoms with van der Waals surface area (Å²) in [5.74, 6) is -9.37.